The molecular weight excluding hydrogens is 492 g/mol. The van der Waals surface area contributed by atoms with Crippen LogP contribution < -0.4 is 0 Å². The summed E-state index contributed by atoms with van der Waals surface area (Å²) in [6, 6.07) is 0. The van der Waals surface area contributed by atoms with Gasteiger partial charge in [0.1, 0.15) is 6.61 Å². The van der Waals surface area contributed by atoms with Crippen LogP contribution in [0.3, 0.4) is 0 Å². The maximum Gasteiger partial charge on any atom is 0.321 e. The average Bonchev–Trinajstić information content (AvgIpc) is 3.16. The zero-order chi connectivity index (χ0) is 27.1. The minimum Gasteiger partial charge on any atom is -0.458 e. The van der Waals surface area contributed by atoms with Gasteiger partial charge in [0.15, 0.2) is 11.5 Å². The molecule has 4 rings (SSSR count). The van der Waals surface area contributed by atoms with E-state index in [-0.39, 0.29) is 58.8 Å². The Kier molecular flexibility index (Phi) is 8.11. The summed E-state index contributed by atoms with van der Waals surface area (Å²) >= 11 is 1.37. The van der Waals surface area contributed by atoms with E-state index in [0.717, 1.165) is 37.7 Å². The number of aliphatic hydroxyl groups is 1. The number of rotatable bonds is 8. The van der Waals surface area contributed by atoms with E-state index in [0.29, 0.717) is 17.8 Å². The van der Waals surface area contributed by atoms with Gasteiger partial charge in [-0.25, -0.2) is 0 Å². The summed E-state index contributed by atoms with van der Waals surface area (Å²) in [5, 5.41) is 9.39. The standard InChI is InChI=1S/C29H40O7S/c1-16-10-18-19-6-7-21(24(32)14-35-26(33)11-17(2)30)28(19,3)9-8-20(18)29(4)13-25(23(31)12-22(16)29)36-27(34)15-37-5/h12-13,16-21,30H,6-11,14-15H2,1-5H3/t16-,17?,18-,19-,20-,21+,28-,29+/m0/s1. The van der Waals surface area contributed by atoms with Crippen molar-refractivity contribution in [3.8, 4) is 0 Å². The third-order valence-corrected chi connectivity index (χ3v) is 10.2. The number of ketones is 2. The molecule has 0 amide bonds. The molecule has 37 heavy (non-hydrogen) atoms. The number of hydrogen-bond acceptors (Lipinski definition) is 8. The Labute approximate surface area is 223 Å². The first kappa shape index (κ1) is 28.1. The van der Waals surface area contributed by atoms with Crippen molar-refractivity contribution in [1.29, 1.82) is 0 Å². The van der Waals surface area contributed by atoms with Crippen LogP contribution in [0.5, 0.6) is 0 Å². The molecule has 0 saturated heterocycles. The van der Waals surface area contributed by atoms with Gasteiger partial charge in [-0.05, 0) is 86.5 Å². The van der Waals surface area contributed by atoms with Gasteiger partial charge < -0.3 is 14.6 Å². The van der Waals surface area contributed by atoms with Gasteiger partial charge in [-0.3, -0.25) is 19.2 Å². The van der Waals surface area contributed by atoms with Crippen molar-refractivity contribution in [3.63, 3.8) is 0 Å². The molecule has 3 saturated carbocycles. The second kappa shape index (κ2) is 10.7. The van der Waals surface area contributed by atoms with Crippen LogP contribution in [0.4, 0.5) is 0 Å². The van der Waals surface area contributed by atoms with Crippen LogP contribution in [0.15, 0.2) is 23.5 Å². The minimum absolute atomic E-state index is 0.0239. The number of allylic oxidation sites excluding steroid dienone is 3. The zero-order valence-corrected chi connectivity index (χ0v) is 23.4. The van der Waals surface area contributed by atoms with Gasteiger partial charge >= 0.3 is 11.9 Å². The van der Waals surface area contributed by atoms with Crippen molar-refractivity contribution in [2.75, 3.05) is 18.6 Å². The molecule has 8 heteroatoms. The summed E-state index contributed by atoms with van der Waals surface area (Å²) in [7, 11) is 0. The Bertz CT molecular complexity index is 1030. The quantitative estimate of drug-likeness (QED) is 0.462. The van der Waals surface area contributed by atoms with Gasteiger partial charge in [-0.1, -0.05) is 26.3 Å². The van der Waals surface area contributed by atoms with Gasteiger partial charge in [0.05, 0.1) is 18.3 Å². The molecule has 7 nitrogen and oxygen atoms in total. The van der Waals surface area contributed by atoms with E-state index in [9.17, 15) is 24.3 Å². The molecule has 4 aliphatic rings. The minimum atomic E-state index is -0.793. The number of Topliss-reactive ketones (excluding diaryl/α,β-unsaturated/α-hetero) is 1. The third-order valence-electron chi connectivity index (χ3n) is 9.66. The predicted octanol–water partition coefficient (Wildman–Crippen LogP) is 4.27. The van der Waals surface area contributed by atoms with Crippen LogP contribution in [0.1, 0.15) is 66.2 Å². The monoisotopic (exact) mass is 532 g/mol. The fourth-order valence-corrected chi connectivity index (χ4v) is 8.41. The van der Waals surface area contributed by atoms with Crippen LogP contribution >= 0.6 is 11.8 Å². The third kappa shape index (κ3) is 5.20. The Hall–Kier alpha value is -1.93. The Morgan fingerprint density at radius 2 is 1.89 bits per heavy atom. The maximum absolute atomic E-state index is 13.2. The molecule has 0 aromatic carbocycles. The average molecular weight is 533 g/mol. The lowest BCUT2D eigenvalue weighted by Gasteiger charge is -2.58. The second-order valence-corrected chi connectivity index (χ2v) is 12.9. The summed E-state index contributed by atoms with van der Waals surface area (Å²) in [5.41, 5.74) is 0.599. The first-order chi connectivity index (χ1) is 17.4. The van der Waals surface area contributed by atoms with Crippen LogP contribution in [-0.2, 0) is 28.7 Å². The topological polar surface area (TPSA) is 107 Å². The van der Waals surface area contributed by atoms with Crippen LogP contribution in [0, 0.1) is 40.4 Å². The highest BCUT2D eigenvalue weighted by Gasteiger charge is 2.61. The van der Waals surface area contributed by atoms with Crippen LogP contribution in [0.2, 0.25) is 0 Å². The largest absolute Gasteiger partial charge is 0.458 e. The molecule has 0 spiro atoms. The predicted molar refractivity (Wildman–Crippen MR) is 140 cm³/mol. The van der Waals surface area contributed by atoms with Crippen molar-refractivity contribution in [2.24, 2.45) is 40.4 Å². The summed E-state index contributed by atoms with van der Waals surface area (Å²) in [5.74, 6) is 0.250. The summed E-state index contributed by atoms with van der Waals surface area (Å²) in [6.45, 7) is 7.88. The smallest absolute Gasteiger partial charge is 0.321 e. The highest BCUT2D eigenvalue weighted by Crippen LogP contribution is 2.67. The Morgan fingerprint density at radius 3 is 2.57 bits per heavy atom. The van der Waals surface area contributed by atoms with Gasteiger partial charge in [-0.2, -0.15) is 11.8 Å². The Morgan fingerprint density at radius 1 is 1.16 bits per heavy atom. The van der Waals surface area contributed by atoms with Crippen LogP contribution in [0.25, 0.3) is 0 Å². The number of hydrogen-bond donors (Lipinski definition) is 1. The van der Waals surface area contributed by atoms with E-state index in [2.05, 4.69) is 20.8 Å². The summed E-state index contributed by atoms with van der Waals surface area (Å²) in [4.78, 5) is 50.1. The van der Waals surface area contributed by atoms with E-state index < -0.39 is 18.0 Å². The fourth-order valence-electron chi connectivity index (χ4n) is 8.12. The fraction of sp³-hybridized carbons (Fsp3) is 0.724. The molecule has 0 aliphatic heterocycles. The first-order valence-electron chi connectivity index (χ1n) is 13.5. The van der Waals surface area contributed by atoms with Crippen LogP contribution in [-0.4, -0.2) is 53.3 Å². The van der Waals surface area contributed by atoms with Gasteiger partial charge in [0.25, 0.3) is 0 Å². The molecule has 1 N–H and O–H groups in total. The number of carbonyl (C=O) groups is 4. The van der Waals surface area contributed by atoms with Crippen molar-refractivity contribution < 1.29 is 33.8 Å². The highest BCUT2D eigenvalue weighted by molar-refractivity contribution is 7.99. The lowest BCUT2D eigenvalue weighted by Crippen LogP contribution is -2.52. The highest BCUT2D eigenvalue weighted by atomic mass is 32.2. The number of ether oxygens (including phenoxy) is 2. The number of esters is 2. The first-order valence-corrected chi connectivity index (χ1v) is 14.8. The molecule has 204 valence electrons. The number of thioether (sulfide) groups is 1. The number of fused-ring (bicyclic) bond motifs is 5. The zero-order valence-electron chi connectivity index (χ0n) is 22.6. The SMILES string of the molecule is CSCC(=O)OC1=C[C@@]2(C)C(=CC1=O)[C@@H](C)C[C@H]1[C@@H]3CC[C@H](C(=O)COC(=O)CC(C)O)[C@@]3(C)CC[C@@H]12. The lowest BCUT2D eigenvalue weighted by atomic mass is 9.46. The molecule has 0 bridgehead atoms. The van der Waals surface area contributed by atoms with Crippen molar-refractivity contribution in [1.82, 2.24) is 0 Å². The van der Waals surface area contributed by atoms with Crippen molar-refractivity contribution in [3.05, 3.63) is 23.5 Å². The molecule has 4 aliphatic carbocycles. The lowest BCUT2D eigenvalue weighted by molar-refractivity contribution is -0.152. The van der Waals surface area contributed by atoms with E-state index in [4.69, 9.17) is 9.47 Å². The molecule has 8 atom stereocenters. The Balaban J connectivity index is 1.54. The van der Waals surface area contributed by atoms with E-state index in [1.165, 1.54) is 18.7 Å². The molecule has 0 aromatic rings. The van der Waals surface area contributed by atoms with E-state index in [1.807, 2.05) is 12.3 Å². The summed E-state index contributed by atoms with van der Waals surface area (Å²) in [6.07, 6.45) is 9.06. The maximum atomic E-state index is 13.2. The summed E-state index contributed by atoms with van der Waals surface area (Å²) < 4.78 is 10.7. The molecule has 0 radical (unpaired) electrons. The van der Waals surface area contributed by atoms with Gasteiger partial charge in [0.2, 0.25) is 5.78 Å². The van der Waals surface area contributed by atoms with Gasteiger partial charge in [0, 0.05) is 11.3 Å². The molecule has 0 heterocycles. The van der Waals surface area contributed by atoms with Gasteiger partial charge in [-0.15, -0.1) is 0 Å². The van der Waals surface area contributed by atoms with Crippen molar-refractivity contribution >= 4 is 35.3 Å². The second-order valence-electron chi connectivity index (χ2n) is 12.0. The molecule has 3 fully saturated rings. The number of aliphatic hydroxyl groups excluding tert-OH is 1. The molecular formula is C29H40O7S. The normalized spacial score (nSPS) is 37.4. The molecule has 0 aromatic heterocycles. The number of carbonyl (C=O) groups excluding carboxylic acids is 4. The molecule has 1 unspecified atom stereocenters. The van der Waals surface area contributed by atoms with E-state index >= 15 is 0 Å². The van der Waals surface area contributed by atoms with E-state index in [1.54, 1.807) is 6.08 Å². The van der Waals surface area contributed by atoms with Crippen molar-refractivity contribution in [2.45, 2.75) is 72.3 Å².